The molecule has 0 aromatic heterocycles. The van der Waals surface area contributed by atoms with Gasteiger partial charge in [-0.2, -0.15) is 0 Å². The molecule has 2 amide bonds. The fraction of sp³-hybridized carbons (Fsp3) is 0.529. The summed E-state index contributed by atoms with van der Waals surface area (Å²) in [5.74, 6) is 0.199. The van der Waals surface area contributed by atoms with E-state index in [0.717, 1.165) is 49.9 Å². The lowest BCUT2D eigenvalue weighted by Crippen LogP contribution is -2.32. The highest BCUT2D eigenvalue weighted by molar-refractivity contribution is 5.95. The SMILES string of the molecule is CCc1ccccc1C(=O)N1CCCC(CC(N)=O)CC1. The van der Waals surface area contributed by atoms with Crippen LogP contribution in [-0.4, -0.2) is 29.8 Å². The summed E-state index contributed by atoms with van der Waals surface area (Å²) in [6, 6.07) is 7.81. The quantitative estimate of drug-likeness (QED) is 0.924. The van der Waals surface area contributed by atoms with Crippen LogP contribution in [-0.2, 0) is 11.2 Å². The lowest BCUT2D eigenvalue weighted by Gasteiger charge is -2.22. The highest BCUT2D eigenvalue weighted by atomic mass is 16.2. The number of rotatable bonds is 4. The van der Waals surface area contributed by atoms with Crippen LogP contribution in [0.15, 0.2) is 24.3 Å². The summed E-state index contributed by atoms with van der Waals surface area (Å²) in [7, 11) is 0. The van der Waals surface area contributed by atoms with E-state index in [0.29, 0.717) is 12.3 Å². The third kappa shape index (κ3) is 4.06. The maximum absolute atomic E-state index is 12.7. The molecule has 2 N–H and O–H groups in total. The summed E-state index contributed by atoms with van der Waals surface area (Å²) in [6.07, 6.45) is 4.08. The molecule has 2 rings (SSSR count). The van der Waals surface area contributed by atoms with Crippen LogP contribution < -0.4 is 5.73 Å². The molecule has 4 heteroatoms. The van der Waals surface area contributed by atoms with E-state index < -0.39 is 0 Å². The van der Waals surface area contributed by atoms with E-state index in [-0.39, 0.29) is 11.8 Å². The second-order valence-corrected chi connectivity index (χ2v) is 5.77. The number of nitrogens with two attached hydrogens (primary N) is 1. The van der Waals surface area contributed by atoms with Gasteiger partial charge in [-0.05, 0) is 43.2 Å². The van der Waals surface area contributed by atoms with E-state index in [1.165, 1.54) is 0 Å². The van der Waals surface area contributed by atoms with Crippen LogP contribution >= 0.6 is 0 Å². The van der Waals surface area contributed by atoms with Gasteiger partial charge in [-0.15, -0.1) is 0 Å². The third-order valence-electron chi connectivity index (χ3n) is 4.25. The van der Waals surface area contributed by atoms with Crippen molar-refractivity contribution in [3.05, 3.63) is 35.4 Å². The molecule has 4 nitrogen and oxygen atoms in total. The van der Waals surface area contributed by atoms with Gasteiger partial charge in [0.05, 0.1) is 0 Å². The second-order valence-electron chi connectivity index (χ2n) is 5.77. The molecule has 21 heavy (non-hydrogen) atoms. The van der Waals surface area contributed by atoms with Crippen molar-refractivity contribution in [2.45, 2.75) is 39.0 Å². The molecule has 0 saturated carbocycles. The highest BCUT2D eigenvalue weighted by Gasteiger charge is 2.23. The molecule has 114 valence electrons. The van der Waals surface area contributed by atoms with Crippen molar-refractivity contribution in [3.8, 4) is 0 Å². The Kier molecular flexibility index (Phi) is 5.37. The van der Waals surface area contributed by atoms with Gasteiger partial charge >= 0.3 is 0 Å². The summed E-state index contributed by atoms with van der Waals surface area (Å²) >= 11 is 0. The number of carbonyl (C=O) groups is 2. The van der Waals surface area contributed by atoms with Gasteiger partial charge < -0.3 is 10.6 Å². The van der Waals surface area contributed by atoms with E-state index in [1.54, 1.807) is 0 Å². The summed E-state index contributed by atoms with van der Waals surface area (Å²) in [5.41, 5.74) is 7.19. The highest BCUT2D eigenvalue weighted by Crippen LogP contribution is 2.22. The Balaban J connectivity index is 2.05. The van der Waals surface area contributed by atoms with Gasteiger partial charge in [-0.25, -0.2) is 0 Å². The Morgan fingerprint density at radius 1 is 1.24 bits per heavy atom. The van der Waals surface area contributed by atoms with Crippen molar-refractivity contribution in [1.29, 1.82) is 0 Å². The summed E-state index contributed by atoms with van der Waals surface area (Å²) in [4.78, 5) is 25.7. The molecule has 1 aliphatic rings. The summed E-state index contributed by atoms with van der Waals surface area (Å²) in [5, 5.41) is 0. The van der Waals surface area contributed by atoms with Crippen LogP contribution in [0.25, 0.3) is 0 Å². The van der Waals surface area contributed by atoms with E-state index in [1.807, 2.05) is 29.2 Å². The molecular weight excluding hydrogens is 264 g/mol. The monoisotopic (exact) mass is 288 g/mol. The number of amides is 2. The number of hydrogen-bond acceptors (Lipinski definition) is 2. The number of likely N-dealkylation sites (tertiary alicyclic amines) is 1. The average Bonchev–Trinajstić information content (AvgIpc) is 2.71. The molecule has 0 aliphatic carbocycles. The van der Waals surface area contributed by atoms with Crippen LogP contribution in [0.1, 0.15) is 48.5 Å². The number of nitrogens with zero attached hydrogens (tertiary/aromatic N) is 1. The Morgan fingerprint density at radius 2 is 2.00 bits per heavy atom. The molecule has 1 heterocycles. The largest absolute Gasteiger partial charge is 0.370 e. The number of primary amides is 1. The molecule has 1 saturated heterocycles. The van der Waals surface area contributed by atoms with Gasteiger partial charge in [-0.1, -0.05) is 25.1 Å². The molecule has 1 atom stereocenters. The van der Waals surface area contributed by atoms with Crippen LogP contribution in [0.5, 0.6) is 0 Å². The van der Waals surface area contributed by atoms with Gasteiger partial charge in [0.1, 0.15) is 0 Å². The van der Waals surface area contributed by atoms with Crippen LogP contribution in [0.3, 0.4) is 0 Å². The van der Waals surface area contributed by atoms with Crippen molar-refractivity contribution >= 4 is 11.8 Å². The molecular formula is C17H24N2O2. The van der Waals surface area contributed by atoms with E-state index in [4.69, 9.17) is 5.73 Å². The van der Waals surface area contributed by atoms with Crippen molar-refractivity contribution < 1.29 is 9.59 Å². The predicted octanol–water partition coefficient (Wildman–Crippen LogP) is 2.37. The Labute approximate surface area is 126 Å². The van der Waals surface area contributed by atoms with Crippen LogP contribution in [0.4, 0.5) is 0 Å². The van der Waals surface area contributed by atoms with E-state index >= 15 is 0 Å². The van der Waals surface area contributed by atoms with Crippen molar-refractivity contribution in [2.75, 3.05) is 13.1 Å². The topological polar surface area (TPSA) is 63.4 Å². The Bertz CT molecular complexity index is 513. The molecule has 1 fully saturated rings. The van der Waals surface area contributed by atoms with Crippen molar-refractivity contribution in [2.24, 2.45) is 11.7 Å². The molecule has 1 aromatic rings. The van der Waals surface area contributed by atoms with Gasteiger partial charge in [0, 0.05) is 25.1 Å². The standard InChI is InChI=1S/C17H24N2O2/c1-2-14-7-3-4-8-15(14)17(21)19-10-5-6-13(9-11-19)12-16(18)20/h3-4,7-8,13H,2,5-6,9-12H2,1H3,(H2,18,20). The first-order valence-electron chi connectivity index (χ1n) is 7.77. The number of carbonyl (C=O) groups excluding carboxylic acids is 2. The first kappa shape index (κ1) is 15.5. The van der Waals surface area contributed by atoms with Gasteiger partial charge in [0.15, 0.2) is 0 Å². The number of benzene rings is 1. The van der Waals surface area contributed by atoms with Gasteiger partial charge in [0.2, 0.25) is 5.91 Å². The normalized spacial score (nSPS) is 19.1. The lowest BCUT2D eigenvalue weighted by atomic mass is 9.97. The second kappa shape index (κ2) is 7.25. The van der Waals surface area contributed by atoms with Crippen molar-refractivity contribution in [3.63, 3.8) is 0 Å². The maximum Gasteiger partial charge on any atom is 0.254 e. The smallest absolute Gasteiger partial charge is 0.254 e. The van der Waals surface area contributed by atoms with Crippen LogP contribution in [0.2, 0.25) is 0 Å². The van der Waals surface area contributed by atoms with Crippen molar-refractivity contribution in [1.82, 2.24) is 4.90 Å². The average molecular weight is 288 g/mol. The number of aryl methyl sites for hydroxylation is 1. The fourth-order valence-electron chi connectivity index (χ4n) is 3.06. The van der Waals surface area contributed by atoms with Crippen LogP contribution in [0, 0.1) is 5.92 Å². The third-order valence-corrected chi connectivity index (χ3v) is 4.25. The fourth-order valence-corrected chi connectivity index (χ4v) is 3.06. The summed E-state index contributed by atoms with van der Waals surface area (Å²) < 4.78 is 0. The molecule has 0 radical (unpaired) electrons. The molecule has 0 spiro atoms. The van der Waals surface area contributed by atoms with Gasteiger partial charge in [0.25, 0.3) is 5.91 Å². The van der Waals surface area contributed by atoms with E-state index in [2.05, 4.69) is 6.92 Å². The predicted molar refractivity (Wildman–Crippen MR) is 82.9 cm³/mol. The lowest BCUT2D eigenvalue weighted by molar-refractivity contribution is -0.119. The Hall–Kier alpha value is -1.84. The minimum Gasteiger partial charge on any atom is -0.370 e. The minimum absolute atomic E-state index is 0.118. The molecule has 1 aromatic carbocycles. The zero-order valence-electron chi connectivity index (χ0n) is 12.7. The van der Waals surface area contributed by atoms with Gasteiger partial charge in [-0.3, -0.25) is 9.59 Å². The molecule has 1 aliphatic heterocycles. The zero-order valence-corrected chi connectivity index (χ0v) is 12.7. The molecule has 1 unspecified atom stereocenters. The summed E-state index contributed by atoms with van der Waals surface area (Å²) in [6.45, 7) is 3.55. The minimum atomic E-state index is -0.240. The first-order chi connectivity index (χ1) is 10.1. The zero-order chi connectivity index (χ0) is 15.2. The number of hydrogen-bond donors (Lipinski definition) is 1. The Morgan fingerprint density at radius 3 is 2.71 bits per heavy atom. The first-order valence-corrected chi connectivity index (χ1v) is 7.77. The maximum atomic E-state index is 12.7. The van der Waals surface area contributed by atoms with E-state index in [9.17, 15) is 9.59 Å². The molecule has 0 bridgehead atoms.